The fourth-order valence-electron chi connectivity index (χ4n) is 2.82. The number of nitrogens with zero attached hydrogens (tertiary/aromatic N) is 1. The second kappa shape index (κ2) is 9.54. The van der Waals surface area contributed by atoms with Crippen LogP contribution < -0.4 is 4.74 Å². The topological polar surface area (TPSA) is 12.5 Å². The molecule has 0 atom stereocenters. The van der Waals surface area contributed by atoms with Gasteiger partial charge in [-0.3, -0.25) is 0 Å². The Labute approximate surface area is 170 Å². The Hall–Kier alpha value is -2.36. The maximum Gasteiger partial charge on any atom is 0.119 e. The first-order chi connectivity index (χ1) is 13.1. The minimum Gasteiger partial charge on any atom is -0.492 e. The normalized spacial score (nSPS) is 12.0. The van der Waals surface area contributed by atoms with Crippen LogP contribution in [-0.4, -0.2) is 32.1 Å². The lowest BCUT2D eigenvalue weighted by molar-refractivity contribution is 0.261. The van der Waals surface area contributed by atoms with E-state index < -0.39 is 0 Å². The van der Waals surface area contributed by atoms with E-state index in [0.717, 1.165) is 27.9 Å². The Morgan fingerprint density at radius 1 is 0.741 bits per heavy atom. The molecule has 0 aliphatic heterocycles. The summed E-state index contributed by atoms with van der Waals surface area (Å²) in [6.07, 6.45) is 0. The van der Waals surface area contributed by atoms with Crippen LogP contribution in [0.5, 0.6) is 5.75 Å². The molecule has 0 radical (unpaired) electrons. The molecule has 0 amide bonds. The number of likely N-dealkylation sites (N-methyl/N-ethyl adjacent to an activating group) is 1. The van der Waals surface area contributed by atoms with Crippen molar-refractivity contribution >= 4 is 26.0 Å². The average molecular weight is 422 g/mol. The molecular weight excluding hydrogens is 398 g/mol. The van der Waals surface area contributed by atoms with Gasteiger partial charge in [-0.15, -0.1) is 0 Å². The smallest absolute Gasteiger partial charge is 0.119 e. The van der Waals surface area contributed by atoms with E-state index >= 15 is 0 Å². The number of benzene rings is 3. The second-order valence-electron chi connectivity index (χ2n) is 6.60. The average Bonchev–Trinajstić information content (AvgIpc) is 2.70. The van der Waals surface area contributed by atoms with Gasteiger partial charge in [-0.05, 0) is 58.8 Å². The van der Waals surface area contributed by atoms with Gasteiger partial charge in [-0.25, -0.2) is 0 Å². The zero-order valence-electron chi connectivity index (χ0n) is 15.7. The summed E-state index contributed by atoms with van der Waals surface area (Å²) < 4.78 is 6.91. The summed E-state index contributed by atoms with van der Waals surface area (Å²) in [5.74, 6) is 0.892. The van der Waals surface area contributed by atoms with Crippen molar-refractivity contribution in [2.45, 2.75) is 0 Å². The van der Waals surface area contributed by atoms with Crippen molar-refractivity contribution in [3.63, 3.8) is 0 Å². The number of rotatable bonds is 7. The summed E-state index contributed by atoms with van der Waals surface area (Å²) in [6, 6.07) is 29.2. The summed E-state index contributed by atoms with van der Waals surface area (Å²) in [6.45, 7) is 1.58. The Kier molecular flexibility index (Phi) is 6.86. The van der Waals surface area contributed by atoms with Gasteiger partial charge in [0, 0.05) is 16.6 Å². The Morgan fingerprint density at radius 3 is 1.81 bits per heavy atom. The van der Waals surface area contributed by atoms with E-state index in [4.69, 9.17) is 4.74 Å². The predicted molar refractivity (Wildman–Crippen MR) is 118 cm³/mol. The molecule has 3 rings (SSSR count). The third-order valence-electron chi connectivity index (χ3n) is 4.26. The molecule has 0 spiro atoms. The molecule has 0 saturated carbocycles. The molecule has 3 aromatic rings. The quantitative estimate of drug-likeness (QED) is 0.437. The predicted octanol–water partition coefficient (Wildman–Crippen LogP) is 5.94. The number of hydrogen-bond acceptors (Lipinski definition) is 2. The van der Waals surface area contributed by atoms with Crippen molar-refractivity contribution in [2.24, 2.45) is 0 Å². The van der Waals surface area contributed by atoms with Crippen molar-refractivity contribution < 1.29 is 4.74 Å². The second-order valence-corrected chi connectivity index (χ2v) is 7.39. The largest absolute Gasteiger partial charge is 0.492 e. The molecular formula is C24H24BrNO. The fourth-order valence-corrected chi connectivity index (χ4v) is 3.54. The van der Waals surface area contributed by atoms with Crippen LogP contribution >= 0.6 is 15.9 Å². The van der Waals surface area contributed by atoms with Gasteiger partial charge in [-0.1, -0.05) is 72.8 Å². The van der Waals surface area contributed by atoms with Crippen LogP contribution in [-0.2, 0) is 0 Å². The Morgan fingerprint density at radius 2 is 1.26 bits per heavy atom. The van der Waals surface area contributed by atoms with Crippen LogP contribution in [0.25, 0.3) is 10.1 Å². The van der Waals surface area contributed by atoms with Crippen LogP contribution in [0.3, 0.4) is 0 Å². The van der Waals surface area contributed by atoms with Crippen molar-refractivity contribution in [3.8, 4) is 5.75 Å². The van der Waals surface area contributed by atoms with Gasteiger partial charge in [-0.2, -0.15) is 0 Å². The van der Waals surface area contributed by atoms with Gasteiger partial charge in [0.05, 0.1) is 0 Å². The zero-order chi connectivity index (χ0) is 19.1. The maximum atomic E-state index is 5.83. The van der Waals surface area contributed by atoms with E-state index in [1.807, 2.05) is 38.4 Å². The van der Waals surface area contributed by atoms with Crippen molar-refractivity contribution in [3.05, 3.63) is 102 Å². The summed E-state index contributed by atoms with van der Waals surface area (Å²) in [5, 5.41) is 0. The summed E-state index contributed by atoms with van der Waals surface area (Å²) in [5.41, 5.74) is 4.65. The van der Waals surface area contributed by atoms with E-state index in [1.54, 1.807) is 0 Å². The van der Waals surface area contributed by atoms with Gasteiger partial charge >= 0.3 is 0 Å². The Balaban J connectivity index is 1.95. The zero-order valence-corrected chi connectivity index (χ0v) is 17.3. The lowest BCUT2D eigenvalue weighted by Crippen LogP contribution is -2.19. The van der Waals surface area contributed by atoms with Crippen LogP contribution in [0.15, 0.2) is 84.9 Å². The van der Waals surface area contributed by atoms with Gasteiger partial charge in [0.15, 0.2) is 0 Å². The molecule has 0 saturated heterocycles. The molecule has 0 N–H and O–H groups in total. The molecule has 27 heavy (non-hydrogen) atoms. The minimum absolute atomic E-state index is 0.682. The standard InChI is InChI=1S/C24H24BrNO/c1-26(2)17-18-27-22-15-13-20(14-16-22)23(19-9-5-3-6-10-19)24(25)21-11-7-4-8-12-21/h3-16H,17-18H2,1-2H3. The van der Waals surface area contributed by atoms with E-state index in [-0.39, 0.29) is 0 Å². The van der Waals surface area contributed by atoms with E-state index in [2.05, 4.69) is 81.5 Å². The first-order valence-electron chi connectivity index (χ1n) is 9.04. The molecule has 0 aliphatic carbocycles. The summed E-state index contributed by atoms with van der Waals surface area (Å²) in [4.78, 5) is 2.11. The first-order valence-corrected chi connectivity index (χ1v) is 9.83. The van der Waals surface area contributed by atoms with Crippen LogP contribution in [0.4, 0.5) is 0 Å². The van der Waals surface area contributed by atoms with Gasteiger partial charge in [0.2, 0.25) is 0 Å². The molecule has 0 heterocycles. The highest BCUT2D eigenvalue weighted by atomic mass is 79.9. The third-order valence-corrected chi connectivity index (χ3v) is 5.11. The Bertz CT molecular complexity index is 871. The highest BCUT2D eigenvalue weighted by Gasteiger charge is 2.12. The number of halogens is 1. The summed E-state index contributed by atoms with van der Waals surface area (Å²) in [7, 11) is 4.09. The monoisotopic (exact) mass is 421 g/mol. The first kappa shape index (κ1) is 19.4. The lowest BCUT2D eigenvalue weighted by Gasteiger charge is -2.14. The molecule has 0 aliphatic rings. The van der Waals surface area contributed by atoms with Crippen LogP contribution in [0, 0.1) is 0 Å². The third kappa shape index (κ3) is 5.31. The van der Waals surface area contributed by atoms with Gasteiger partial charge in [0.25, 0.3) is 0 Å². The lowest BCUT2D eigenvalue weighted by atomic mass is 9.95. The van der Waals surface area contributed by atoms with Crippen molar-refractivity contribution in [1.82, 2.24) is 4.90 Å². The molecule has 138 valence electrons. The highest BCUT2D eigenvalue weighted by molar-refractivity contribution is 9.15. The van der Waals surface area contributed by atoms with Crippen molar-refractivity contribution in [1.29, 1.82) is 0 Å². The van der Waals surface area contributed by atoms with E-state index in [1.165, 1.54) is 11.1 Å². The molecule has 3 aromatic carbocycles. The molecule has 0 bridgehead atoms. The fraction of sp³-hybridized carbons (Fsp3) is 0.167. The highest BCUT2D eigenvalue weighted by Crippen LogP contribution is 2.36. The van der Waals surface area contributed by atoms with Crippen LogP contribution in [0.1, 0.15) is 16.7 Å². The molecule has 3 heteroatoms. The summed E-state index contributed by atoms with van der Waals surface area (Å²) >= 11 is 3.85. The molecule has 2 nitrogen and oxygen atoms in total. The number of hydrogen-bond donors (Lipinski definition) is 0. The van der Waals surface area contributed by atoms with E-state index in [0.29, 0.717) is 6.61 Å². The van der Waals surface area contributed by atoms with Crippen LogP contribution in [0.2, 0.25) is 0 Å². The van der Waals surface area contributed by atoms with Gasteiger partial charge < -0.3 is 9.64 Å². The molecule has 0 unspecified atom stereocenters. The van der Waals surface area contributed by atoms with E-state index in [9.17, 15) is 0 Å². The van der Waals surface area contributed by atoms with Crippen molar-refractivity contribution in [2.75, 3.05) is 27.2 Å². The maximum absolute atomic E-state index is 5.83. The molecule has 0 aromatic heterocycles. The molecule has 0 fully saturated rings. The minimum atomic E-state index is 0.682. The number of ether oxygens (including phenoxy) is 1. The van der Waals surface area contributed by atoms with Gasteiger partial charge in [0.1, 0.15) is 12.4 Å². The SMILES string of the molecule is CN(C)CCOc1ccc(C(=C(Br)c2ccccc2)c2ccccc2)cc1.